The number of halogens is 1. The van der Waals surface area contributed by atoms with Crippen molar-refractivity contribution in [1.29, 1.82) is 0 Å². The van der Waals surface area contributed by atoms with Gasteiger partial charge in [0.15, 0.2) is 6.10 Å². The molecule has 2 aromatic rings. The van der Waals surface area contributed by atoms with Gasteiger partial charge in [0.05, 0.1) is 11.9 Å². The second kappa shape index (κ2) is 9.05. The van der Waals surface area contributed by atoms with Gasteiger partial charge in [0.25, 0.3) is 5.91 Å². The first-order valence-corrected chi connectivity index (χ1v) is 11.7. The first-order chi connectivity index (χ1) is 13.7. The maximum absolute atomic E-state index is 12.6. The standard InChI is InChI=1S/C21H25ClN2O4S/c1-15-5-7-16(8-6-15)4-3-12-23-21(25)20-11-13-24(29(2,26)27)18-14-17(22)9-10-19(18)28-20/h5-10,14,20H,3-4,11-13H2,1-2H3,(H,23,25)/t20-/m0/s1. The summed E-state index contributed by atoms with van der Waals surface area (Å²) in [5, 5.41) is 3.30. The van der Waals surface area contributed by atoms with Crippen molar-refractivity contribution in [3.63, 3.8) is 0 Å². The van der Waals surface area contributed by atoms with Gasteiger partial charge in [0.1, 0.15) is 5.75 Å². The molecule has 6 nitrogen and oxygen atoms in total. The number of aryl methyl sites for hydroxylation is 2. The van der Waals surface area contributed by atoms with Crippen LogP contribution in [0.5, 0.6) is 5.75 Å². The summed E-state index contributed by atoms with van der Waals surface area (Å²) < 4.78 is 31.5. The zero-order valence-electron chi connectivity index (χ0n) is 16.5. The Bertz CT molecular complexity index is 977. The van der Waals surface area contributed by atoms with Crippen molar-refractivity contribution in [2.75, 3.05) is 23.7 Å². The number of hydrogen-bond donors (Lipinski definition) is 1. The van der Waals surface area contributed by atoms with E-state index in [-0.39, 0.29) is 18.9 Å². The van der Waals surface area contributed by atoms with Crippen molar-refractivity contribution >= 4 is 33.2 Å². The van der Waals surface area contributed by atoms with E-state index in [1.54, 1.807) is 18.2 Å². The monoisotopic (exact) mass is 436 g/mol. The van der Waals surface area contributed by atoms with Crippen molar-refractivity contribution in [3.05, 3.63) is 58.6 Å². The van der Waals surface area contributed by atoms with Crippen molar-refractivity contribution < 1.29 is 17.9 Å². The summed E-state index contributed by atoms with van der Waals surface area (Å²) in [4.78, 5) is 12.6. The number of carbonyl (C=O) groups is 1. The van der Waals surface area contributed by atoms with Crippen LogP contribution in [0.1, 0.15) is 24.0 Å². The van der Waals surface area contributed by atoms with Gasteiger partial charge in [-0.3, -0.25) is 9.10 Å². The third-order valence-electron chi connectivity index (χ3n) is 4.81. The van der Waals surface area contributed by atoms with Crippen LogP contribution in [0.15, 0.2) is 42.5 Å². The Morgan fingerprint density at radius 3 is 2.66 bits per heavy atom. The van der Waals surface area contributed by atoms with Gasteiger partial charge >= 0.3 is 0 Å². The molecule has 1 aliphatic heterocycles. The van der Waals surface area contributed by atoms with Gasteiger partial charge in [-0.05, 0) is 43.5 Å². The van der Waals surface area contributed by atoms with Gasteiger partial charge in [-0.2, -0.15) is 0 Å². The summed E-state index contributed by atoms with van der Waals surface area (Å²) in [7, 11) is -3.52. The summed E-state index contributed by atoms with van der Waals surface area (Å²) in [5.41, 5.74) is 2.80. The quantitative estimate of drug-likeness (QED) is 0.705. The number of sulfonamides is 1. The maximum Gasteiger partial charge on any atom is 0.261 e. The SMILES string of the molecule is Cc1ccc(CCCNC(=O)[C@@H]2CCN(S(C)(=O)=O)c3cc(Cl)ccc3O2)cc1. The van der Waals surface area contributed by atoms with Crippen LogP contribution in [-0.2, 0) is 21.2 Å². The molecule has 0 radical (unpaired) electrons. The number of carbonyl (C=O) groups excluding carboxylic acids is 1. The largest absolute Gasteiger partial charge is 0.478 e. The van der Waals surface area contributed by atoms with Crippen molar-refractivity contribution in [3.8, 4) is 5.75 Å². The number of nitrogens with zero attached hydrogens (tertiary/aromatic N) is 1. The van der Waals surface area contributed by atoms with E-state index in [0.29, 0.717) is 23.0 Å². The Morgan fingerprint density at radius 1 is 1.24 bits per heavy atom. The summed E-state index contributed by atoms with van der Waals surface area (Å²) in [6, 6.07) is 13.1. The molecule has 0 unspecified atom stereocenters. The molecule has 0 saturated heterocycles. The normalized spacial score (nSPS) is 16.5. The first-order valence-electron chi connectivity index (χ1n) is 9.51. The van der Waals surface area contributed by atoms with Gasteiger partial charge in [-0.25, -0.2) is 8.42 Å². The van der Waals surface area contributed by atoms with Crippen LogP contribution in [0.4, 0.5) is 5.69 Å². The summed E-state index contributed by atoms with van der Waals surface area (Å²) in [5.74, 6) is 0.0855. The Balaban J connectivity index is 1.61. The summed E-state index contributed by atoms with van der Waals surface area (Å²) in [6.45, 7) is 2.72. The number of anilines is 1. The molecule has 0 fully saturated rings. The highest BCUT2D eigenvalue weighted by atomic mass is 35.5. The van der Waals surface area contributed by atoms with Crippen molar-refractivity contribution in [1.82, 2.24) is 5.32 Å². The molecule has 156 valence electrons. The molecule has 3 rings (SSSR count). The predicted octanol–water partition coefficient (Wildman–Crippen LogP) is 3.31. The minimum absolute atomic E-state index is 0.146. The zero-order chi connectivity index (χ0) is 21.0. The Kier molecular flexibility index (Phi) is 6.70. The third-order valence-corrected chi connectivity index (χ3v) is 6.22. The highest BCUT2D eigenvalue weighted by Gasteiger charge is 2.31. The van der Waals surface area contributed by atoms with Crippen molar-refractivity contribution in [2.24, 2.45) is 0 Å². The lowest BCUT2D eigenvalue weighted by molar-refractivity contribution is -0.128. The number of ether oxygens (including phenoxy) is 1. The summed E-state index contributed by atoms with van der Waals surface area (Å²) in [6.07, 6.45) is 2.30. The highest BCUT2D eigenvalue weighted by molar-refractivity contribution is 7.92. The van der Waals surface area contributed by atoms with Crippen molar-refractivity contribution in [2.45, 2.75) is 32.3 Å². The van der Waals surface area contributed by atoms with Crippen LogP contribution in [0.3, 0.4) is 0 Å². The molecule has 29 heavy (non-hydrogen) atoms. The average Bonchev–Trinajstić information content (AvgIpc) is 2.85. The lowest BCUT2D eigenvalue weighted by Crippen LogP contribution is -2.40. The van der Waals surface area contributed by atoms with E-state index in [1.165, 1.54) is 15.4 Å². The average molecular weight is 437 g/mol. The molecule has 1 aliphatic rings. The lowest BCUT2D eigenvalue weighted by atomic mass is 10.1. The fourth-order valence-corrected chi connectivity index (χ4v) is 4.36. The number of benzene rings is 2. The molecule has 1 heterocycles. The molecule has 1 N–H and O–H groups in total. The van der Waals surface area contributed by atoms with Crippen LogP contribution < -0.4 is 14.4 Å². The number of rotatable bonds is 6. The second-order valence-corrected chi connectivity index (χ2v) is 9.57. The molecule has 0 aliphatic carbocycles. The number of nitrogens with one attached hydrogen (secondary N) is 1. The Hall–Kier alpha value is -2.25. The molecule has 2 aromatic carbocycles. The van der Waals surface area contributed by atoms with E-state index in [0.717, 1.165) is 19.1 Å². The van der Waals surface area contributed by atoms with Crippen LogP contribution in [0.2, 0.25) is 5.02 Å². The highest BCUT2D eigenvalue weighted by Crippen LogP contribution is 2.36. The Morgan fingerprint density at radius 2 is 1.97 bits per heavy atom. The van der Waals surface area contributed by atoms with Gasteiger partial charge in [0, 0.05) is 24.5 Å². The number of hydrogen-bond acceptors (Lipinski definition) is 4. The van der Waals surface area contributed by atoms with E-state index >= 15 is 0 Å². The molecule has 0 bridgehead atoms. The van der Waals surface area contributed by atoms with Gasteiger partial charge in [-0.1, -0.05) is 41.4 Å². The van der Waals surface area contributed by atoms with Crippen LogP contribution in [0.25, 0.3) is 0 Å². The Labute approximate surface area is 176 Å². The number of amides is 1. The minimum atomic E-state index is -3.52. The molecular formula is C21H25ClN2O4S. The van der Waals surface area contributed by atoms with E-state index in [2.05, 4.69) is 29.6 Å². The van der Waals surface area contributed by atoms with Crippen LogP contribution in [-0.4, -0.2) is 39.8 Å². The van der Waals surface area contributed by atoms with Crippen LogP contribution >= 0.6 is 11.6 Å². The fraction of sp³-hybridized carbons (Fsp3) is 0.381. The molecule has 0 aromatic heterocycles. The van der Waals surface area contributed by atoms with E-state index in [9.17, 15) is 13.2 Å². The van der Waals surface area contributed by atoms with Gasteiger partial charge < -0.3 is 10.1 Å². The third kappa shape index (κ3) is 5.64. The van der Waals surface area contributed by atoms with Gasteiger partial charge in [-0.15, -0.1) is 0 Å². The second-order valence-electron chi connectivity index (χ2n) is 7.22. The molecular weight excluding hydrogens is 412 g/mol. The van der Waals surface area contributed by atoms with E-state index in [1.807, 2.05) is 6.92 Å². The molecule has 0 spiro atoms. The van der Waals surface area contributed by atoms with Crippen LogP contribution in [0, 0.1) is 6.92 Å². The predicted molar refractivity (Wildman–Crippen MR) is 115 cm³/mol. The molecule has 0 saturated carbocycles. The first kappa shape index (κ1) is 21.5. The fourth-order valence-electron chi connectivity index (χ4n) is 3.25. The van der Waals surface area contributed by atoms with E-state index in [4.69, 9.17) is 16.3 Å². The smallest absolute Gasteiger partial charge is 0.261 e. The topological polar surface area (TPSA) is 75.7 Å². The van der Waals surface area contributed by atoms with Gasteiger partial charge in [0.2, 0.25) is 10.0 Å². The molecule has 1 atom stereocenters. The maximum atomic E-state index is 12.6. The zero-order valence-corrected chi connectivity index (χ0v) is 18.1. The summed E-state index contributed by atoms with van der Waals surface area (Å²) >= 11 is 6.03. The lowest BCUT2D eigenvalue weighted by Gasteiger charge is -2.21. The van der Waals surface area contributed by atoms with E-state index < -0.39 is 16.1 Å². The molecule has 1 amide bonds. The minimum Gasteiger partial charge on any atom is -0.478 e. The molecule has 8 heteroatoms. The number of fused-ring (bicyclic) bond motifs is 1.